The van der Waals surface area contributed by atoms with Crippen LogP contribution in [0.1, 0.15) is 32.6 Å². The lowest BCUT2D eigenvalue weighted by Crippen LogP contribution is -2.60. The maximum absolute atomic E-state index is 13.1. The predicted octanol–water partition coefficient (Wildman–Crippen LogP) is -4.80. The Hall–Kier alpha value is -3.15. The van der Waals surface area contributed by atoms with Gasteiger partial charge in [-0.05, 0) is 32.6 Å². The molecular weight excluding hydrogens is 524 g/mol. The third-order valence-electron chi connectivity index (χ3n) is 5.79. The number of carbonyl (C=O) groups excluding carboxylic acids is 4. The first-order chi connectivity index (χ1) is 17.8. The number of aliphatic hydroxyl groups is 2. The number of likely N-dealkylation sites (tertiary alicyclic amines) is 1. The lowest BCUT2D eigenvalue weighted by atomic mass is 10.1. The van der Waals surface area contributed by atoms with Gasteiger partial charge in [-0.1, -0.05) is 0 Å². The molecule has 1 saturated heterocycles. The molecule has 1 aliphatic rings. The van der Waals surface area contributed by atoms with E-state index in [1.807, 2.05) is 0 Å². The summed E-state index contributed by atoms with van der Waals surface area (Å²) in [7, 11) is 0. The number of carbonyl (C=O) groups is 5. The monoisotopic (exact) mass is 562 g/mol. The summed E-state index contributed by atoms with van der Waals surface area (Å²) in [6.45, 7) is 0.735. The van der Waals surface area contributed by atoms with E-state index >= 15 is 0 Å². The number of guanidine groups is 1. The fraction of sp³-hybridized carbons (Fsp3) is 0.714. The number of hydrogen-bond acceptors (Lipinski definition) is 10. The minimum atomic E-state index is -1.50. The van der Waals surface area contributed by atoms with E-state index in [0.29, 0.717) is 6.42 Å². The predicted molar refractivity (Wildman–Crippen MR) is 139 cm³/mol. The summed E-state index contributed by atoms with van der Waals surface area (Å²) >= 11 is 3.93. The molecule has 0 radical (unpaired) electrons. The van der Waals surface area contributed by atoms with Gasteiger partial charge < -0.3 is 53.4 Å². The molecule has 1 rings (SSSR count). The number of aliphatic hydroxyl groups excluding tert-OH is 2. The number of carboxylic acids is 1. The highest BCUT2D eigenvalue weighted by molar-refractivity contribution is 7.80. The molecular formula is C21H38N8O8S. The van der Waals surface area contributed by atoms with Gasteiger partial charge in [0.15, 0.2) is 5.96 Å². The van der Waals surface area contributed by atoms with E-state index in [1.165, 1.54) is 6.92 Å². The van der Waals surface area contributed by atoms with Crippen LogP contribution in [0.5, 0.6) is 0 Å². The van der Waals surface area contributed by atoms with Crippen LogP contribution in [0.3, 0.4) is 0 Å². The smallest absolute Gasteiger partial charge is 0.326 e. The van der Waals surface area contributed by atoms with Gasteiger partial charge >= 0.3 is 5.97 Å². The average Bonchev–Trinajstić information content (AvgIpc) is 3.35. The van der Waals surface area contributed by atoms with Gasteiger partial charge in [0.1, 0.15) is 24.2 Å². The lowest BCUT2D eigenvalue weighted by Gasteiger charge is -2.31. The van der Waals surface area contributed by atoms with Gasteiger partial charge in [-0.15, -0.1) is 0 Å². The molecule has 6 atom stereocenters. The van der Waals surface area contributed by atoms with Crippen LogP contribution in [-0.4, -0.2) is 118 Å². The van der Waals surface area contributed by atoms with Gasteiger partial charge in [0, 0.05) is 18.8 Å². The van der Waals surface area contributed by atoms with Crippen molar-refractivity contribution in [1.29, 1.82) is 0 Å². The van der Waals surface area contributed by atoms with E-state index in [1.54, 1.807) is 0 Å². The zero-order chi connectivity index (χ0) is 29.0. The fourth-order valence-electron chi connectivity index (χ4n) is 3.71. The molecule has 4 amide bonds. The molecule has 0 aliphatic carbocycles. The van der Waals surface area contributed by atoms with Crippen LogP contribution in [-0.2, 0) is 24.0 Å². The second kappa shape index (κ2) is 16.0. The van der Waals surface area contributed by atoms with Gasteiger partial charge in [0.25, 0.3) is 0 Å². The van der Waals surface area contributed by atoms with E-state index in [2.05, 4.69) is 33.6 Å². The maximum Gasteiger partial charge on any atom is 0.326 e. The number of nitrogens with one attached hydrogen (secondary N) is 3. The fourth-order valence-corrected chi connectivity index (χ4v) is 3.87. The standard InChI is InChI=1S/C21H38N8O8S/c1-10(31)15(28-16(32)11(22)9-38)19(35)29-7-3-5-14(29)18(34)27-13(8-30)17(33)26-12(20(36)37)4-2-6-25-21(23)24/h10-15,30-31,38H,2-9,22H2,1H3,(H,26,33)(H,27,34)(H,28,32)(H,36,37)(H4,23,24,25)/t10-,11+,12+,13+,14+,15+/m1/s1. The van der Waals surface area contributed by atoms with Crippen LogP contribution < -0.4 is 33.2 Å². The number of amides is 4. The van der Waals surface area contributed by atoms with E-state index in [9.17, 15) is 39.3 Å². The highest BCUT2D eigenvalue weighted by atomic mass is 32.1. The Morgan fingerprint density at radius 3 is 2.29 bits per heavy atom. The van der Waals surface area contributed by atoms with Crippen molar-refractivity contribution in [3.8, 4) is 0 Å². The van der Waals surface area contributed by atoms with Crippen molar-refractivity contribution in [3.05, 3.63) is 0 Å². The van der Waals surface area contributed by atoms with E-state index in [0.717, 1.165) is 4.90 Å². The van der Waals surface area contributed by atoms with Crippen LogP contribution in [0.4, 0.5) is 0 Å². The Morgan fingerprint density at radius 1 is 1.11 bits per heavy atom. The number of aliphatic imine (C=N–C) groups is 1. The number of thiol groups is 1. The van der Waals surface area contributed by atoms with Crippen LogP contribution >= 0.6 is 12.6 Å². The second-order valence-corrected chi connectivity index (χ2v) is 9.16. The van der Waals surface area contributed by atoms with Gasteiger partial charge in [0.05, 0.1) is 18.8 Å². The van der Waals surface area contributed by atoms with Gasteiger partial charge in [-0.2, -0.15) is 12.6 Å². The van der Waals surface area contributed by atoms with Crippen LogP contribution in [0.25, 0.3) is 0 Å². The average molecular weight is 563 g/mol. The molecule has 0 unspecified atom stereocenters. The van der Waals surface area contributed by atoms with E-state index in [4.69, 9.17) is 17.2 Å². The number of carboxylic acid groups (broad SMARTS) is 1. The van der Waals surface area contributed by atoms with Crippen molar-refractivity contribution in [2.45, 2.75) is 68.9 Å². The zero-order valence-corrected chi connectivity index (χ0v) is 22.0. The number of nitrogens with zero attached hydrogens (tertiary/aromatic N) is 2. The van der Waals surface area contributed by atoms with Crippen molar-refractivity contribution >= 4 is 48.2 Å². The minimum Gasteiger partial charge on any atom is -0.480 e. The van der Waals surface area contributed by atoms with Gasteiger partial charge in [-0.3, -0.25) is 24.2 Å². The quantitative estimate of drug-likeness (QED) is 0.0391. The summed E-state index contributed by atoms with van der Waals surface area (Å²) in [6.07, 6.45) is -0.439. The number of aliphatic carboxylic acids is 1. The molecule has 12 N–H and O–H groups in total. The highest BCUT2D eigenvalue weighted by Crippen LogP contribution is 2.20. The van der Waals surface area contributed by atoms with Crippen molar-refractivity contribution in [1.82, 2.24) is 20.9 Å². The molecule has 1 aliphatic heterocycles. The van der Waals surface area contributed by atoms with Crippen molar-refractivity contribution in [3.63, 3.8) is 0 Å². The normalized spacial score (nSPS) is 18.9. The summed E-state index contributed by atoms with van der Waals surface area (Å²) < 4.78 is 0. The van der Waals surface area contributed by atoms with Crippen LogP contribution in [0.15, 0.2) is 4.99 Å². The first-order valence-electron chi connectivity index (χ1n) is 12.0. The number of hydrogen-bond donors (Lipinski definition) is 10. The van der Waals surface area contributed by atoms with Gasteiger partial charge in [-0.25, -0.2) is 4.79 Å². The molecule has 1 heterocycles. The van der Waals surface area contributed by atoms with Crippen LogP contribution in [0, 0.1) is 0 Å². The molecule has 38 heavy (non-hydrogen) atoms. The maximum atomic E-state index is 13.1. The van der Waals surface area contributed by atoms with E-state index < -0.39 is 72.5 Å². The Kier molecular flexibility index (Phi) is 13.8. The minimum absolute atomic E-state index is 0.00488. The van der Waals surface area contributed by atoms with Crippen molar-refractivity contribution < 1.29 is 39.3 Å². The Bertz CT molecular complexity index is 885. The molecule has 0 bridgehead atoms. The summed E-state index contributed by atoms with van der Waals surface area (Å²) in [5.41, 5.74) is 16.0. The molecule has 0 saturated carbocycles. The summed E-state index contributed by atoms with van der Waals surface area (Å²) in [5, 5.41) is 36.1. The molecule has 0 aromatic carbocycles. The van der Waals surface area contributed by atoms with E-state index in [-0.39, 0.29) is 44.1 Å². The molecule has 0 aromatic rings. The molecule has 17 heteroatoms. The summed E-state index contributed by atoms with van der Waals surface area (Å²) in [6, 6.07) is -6.29. The summed E-state index contributed by atoms with van der Waals surface area (Å²) in [4.78, 5) is 67.3. The Morgan fingerprint density at radius 2 is 1.76 bits per heavy atom. The second-order valence-electron chi connectivity index (χ2n) is 8.80. The summed E-state index contributed by atoms with van der Waals surface area (Å²) in [5.74, 6) is -4.63. The molecule has 216 valence electrons. The first-order valence-corrected chi connectivity index (χ1v) is 12.6. The first kappa shape index (κ1) is 32.9. The largest absolute Gasteiger partial charge is 0.480 e. The number of rotatable bonds is 15. The topological polar surface area (TPSA) is 276 Å². The lowest BCUT2D eigenvalue weighted by molar-refractivity contribution is -0.145. The third-order valence-corrected chi connectivity index (χ3v) is 6.19. The van der Waals surface area contributed by atoms with Crippen molar-refractivity contribution in [2.75, 3.05) is 25.4 Å². The Balaban J connectivity index is 2.87. The molecule has 0 spiro atoms. The van der Waals surface area contributed by atoms with Gasteiger partial charge in [0.2, 0.25) is 23.6 Å². The third kappa shape index (κ3) is 9.96. The molecule has 0 aromatic heterocycles. The molecule has 1 fully saturated rings. The van der Waals surface area contributed by atoms with Crippen molar-refractivity contribution in [2.24, 2.45) is 22.2 Å². The molecule has 16 nitrogen and oxygen atoms in total. The highest BCUT2D eigenvalue weighted by Gasteiger charge is 2.40. The zero-order valence-electron chi connectivity index (χ0n) is 21.1. The Labute approximate surface area is 225 Å². The number of nitrogens with two attached hydrogens (primary N) is 3. The SMILES string of the molecule is C[C@@H](O)[C@H](NC(=O)[C@@H](N)CS)C(=O)N1CCC[C@H]1C(=O)N[C@@H](CO)C(=O)N[C@@H](CCCN=C(N)N)C(=O)O. The van der Waals surface area contributed by atoms with Crippen LogP contribution in [0.2, 0.25) is 0 Å².